The Labute approximate surface area is 77.3 Å². The summed E-state index contributed by atoms with van der Waals surface area (Å²) in [4.78, 5) is 1.33. The van der Waals surface area contributed by atoms with Gasteiger partial charge in [0.2, 0.25) is 0 Å². The molecule has 1 fully saturated rings. The predicted molar refractivity (Wildman–Crippen MR) is 53.3 cm³/mol. The van der Waals surface area contributed by atoms with E-state index in [2.05, 4.69) is 31.2 Å². The van der Waals surface area contributed by atoms with Crippen LogP contribution in [-0.4, -0.2) is 10.8 Å². The van der Waals surface area contributed by atoms with Gasteiger partial charge in [0.15, 0.2) is 0 Å². The van der Waals surface area contributed by atoms with Crippen molar-refractivity contribution in [2.45, 2.75) is 29.0 Å². The number of thioether (sulfide) groups is 1. The lowest BCUT2D eigenvalue weighted by atomic mass is 10.4. The Balaban J connectivity index is 1.98. The third kappa shape index (κ3) is 1.65. The molecule has 64 valence electrons. The van der Waals surface area contributed by atoms with Crippen molar-refractivity contribution >= 4 is 11.8 Å². The van der Waals surface area contributed by atoms with Crippen LogP contribution in [0.3, 0.4) is 0 Å². The average molecular weight is 179 g/mol. The summed E-state index contributed by atoms with van der Waals surface area (Å²) in [5, 5.41) is 0.625. The second-order valence-corrected chi connectivity index (χ2v) is 4.91. The van der Waals surface area contributed by atoms with Crippen LogP contribution in [0.25, 0.3) is 0 Å². The fraction of sp³-hybridized carbons (Fsp3) is 0.400. The molecule has 2 heteroatoms. The van der Waals surface area contributed by atoms with Crippen LogP contribution < -0.4 is 5.73 Å². The average Bonchev–Trinajstić information content (AvgIpc) is 2.61. The molecule has 0 aromatic heterocycles. The lowest BCUT2D eigenvalue weighted by Gasteiger charge is -2.02. The normalized spacial score (nSPS) is 33.3. The van der Waals surface area contributed by atoms with Crippen LogP contribution in [0.15, 0.2) is 35.2 Å². The zero-order chi connectivity index (χ0) is 8.60. The van der Waals surface area contributed by atoms with Gasteiger partial charge >= 0.3 is 0 Å². The van der Waals surface area contributed by atoms with Crippen molar-refractivity contribution in [1.29, 1.82) is 0 Å². The van der Waals surface area contributed by atoms with Gasteiger partial charge < -0.3 is 5.73 Å². The molecule has 1 unspecified atom stereocenters. The van der Waals surface area contributed by atoms with Gasteiger partial charge in [-0.15, -0.1) is 11.8 Å². The molecule has 1 aromatic rings. The van der Waals surface area contributed by atoms with Crippen molar-refractivity contribution in [2.75, 3.05) is 0 Å². The van der Waals surface area contributed by atoms with Crippen LogP contribution in [0.1, 0.15) is 13.3 Å². The Kier molecular flexibility index (Phi) is 1.89. The smallest absolute Gasteiger partial charge is 0.0290 e. The van der Waals surface area contributed by atoms with Gasteiger partial charge in [-0.25, -0.2) is 0 Å². The van der Waals surface area contributed by atoms with Gasteiger partial charge in [-0.1, -0.05) is 18.2 Å². The molecule has 0 aliphatic heterocycles. The minimum Gasteiger partial charge on any atom is -0.324 e. The first-order valence-corrected chi connectivity index (χ1v) is 5.07. The quantitative estimate of drug-likeness (QED) is 0.753. The van der Waals surface area contributed by atoms with Crippen LogP contribution >= 0.6 is 11.8 Å². The lowest BCUT2D eigenvalue weighted by Crippen LogP contribution is -2.20. The van der Waals surface area contributed by atoms with Gasteiger partial charge in [-0.05, 0) is 25.5 Å². The Morgan fingerprint density at radius 3 is 2.50 bits per heavy atom. The molecule has 12 heavy (non-hydrogen) atoms. The highest BCUT2D eigenvalue weighted by atomic mass is 32.2. The molecule has 1 nitrogen and oxygen atoms in total. The summed E-state index contributed by atoms with van der Waals surface area (Å²) in [5.74, 6) is 0. The van der Waals surface area contributed by atoms with Crippen molar-refractivity contribution in [3.8, 4) is 0 Å². The van der Waals surface area contributed by atoms with Crippen molar-refractivity contribution in [3.63, 3.8) is 0 Å². The molecule has 1 aliphatic carbocycles. The molecule has 2 rings (SSSR count). The third-order valence-corrected chi connectivity index (χ3v) is 3.76. The highest BCUT2D eigenvalue weighted by Gasteiger charge is 2.47. The van der Waals surface area contributed by atoms with E-state index in [0.29, 0.717) is 5.25 Å². The molecule has 0 spiro atoms. The second kappa shape index (κ2) is 2.79. The summed E-state index contributed by atoms with van der Waals surface area (Å²) in [5.41, 5.74) is 6.02. The first kappa shape index (κ1) is 8.14. The van der Waals surface area contributed by atoms with Crippen LogP contribution in [0.2, 0.25) is 0 Å². The van der Waals surface area contributed by atoms with E-state index >= 15 is 0 Å². The molecule has 1 aliphatic rings. The molecule has 0 bridgehead atoms. The van der Waals surface area contributed by atoms with E-state index in [1.54, 1.807) is 0 Å². The Morgan fingerprint density at radius 2 is 2.00 bits per heavy atom. The van der Waals surface area contributed by atoms with Gasteiger partial charge in [0.05, 0.1) is 0 Å². The fourth-order valence-electron chi connectivity index (χ4n) is 1.18. The molecule has 0 amide bonds. The molecule has 1 saturated carbocycles. The van der Waals surface area contributed by atoms with Crippen molar-refractivity contribution in [1.82, 2.24) is 0 Å². The minimum atomic E-state index is 0.0838. The molecular weight excluding hydrogens is 166 g/mol. The number of nitrogens with two attached hydrogens (primary N) is 1. The molecule has 2 N–H and O–H groups in total. The summed E-state index contributed by atoms with van der Waals surface area (Å²) in [7, 11) is 0. The van der Waals surface area contributed by atoms with E-state index in [0.717, 1.165) is 6.42 Å². The van der Waals surface area contributed by atoms with E-state index in [-0.39, 0.29) is 5.54 Å². The minimum absolute atomic E-state index is 0.0838. The molecule has 2 atom stereocenters. The number of hydrogen-bond donors (Lipinski definition) is 1. The monoisotopic (exact) mass is 179 g/mol. The molecule has 0 saturated heterocycles. The fourth-order valence-corrected chi connectivity index (χ4v) is 2.53. The van der Waals surface area contributed by atoms with Crippen molar-refractivity contribution in [2.24, 2.45) is 5.73 Å². The van der Waals surface area contributed by atoms with E-state index < -0.39 is 0 Å². The summed E-state index contributed by atoms with van der Waals surface area (Å²) in [6, 6.07) is 10.5. The van der Waals surface area contributed by atoms with Crippen molar-refractivity contribution in [3.05, 3.63) is 30.3 Å². The maximum atomic E-state index is 5.94. The summed E-state index contributed by atoms with van der Waals surface area (Å²) >= 11 is 1.89. The second-order valence-electron chi connectivity index (χ2n) is 3.63. The van der Waals surface area contributed by atoms with E-state index in [9.17, 15) is 0 Å². The zero-order valence-electron chi connectivity index (χ0n) is 7.16. The topological polar surface area (TPSA) is 26.0 Å². The SMILES string of the molecule is C[C@]1(N)CC1Sc1ccccc1. The highest BCUT2D eigenvalue weighted by Crippen LogP contribution is 2.46. The van der Waals surface area contributed by atoms with Gasteiger partial charge in [0.25, 0.3) is 0 Å². The van der Waals surface area contributed by atoms with E-state index in [1.165, 1.54) is 4.90 Å². The molecule has 0 radical (unpaired) electrons. The predicted octanol–water partition coefficient (Wildman–Crippen LogP) is 2.27. The first-order chi connectivity index (χ1) is 5.68. The maximum absolute atomic E-state index is 5.94. The van der Waals surface area contributed by atoms with E-state index in [4.69, 9.17) is 5.73 Å². The van der Waals surface area contributed by atoms with Gasteiger partial charge in [-0.3, -0.25) is 0 Å². The molecule has 1 aromatic carbocycles. The van der Waals surface area contributed by atoms with Crippen LogP contribution in [0, 0.1) is 0 Å². The standard InChI is InChI=1S/C10H13NS/c1-10(11)7-9(10)12-8-5-3-2-4-6-8/h2-6,9H,7,11H2,1H3/t9?,10-/m0/s1. The number of hydrogen-bond acceptors (Lipinski definition) is 2. The Hall–Kier alpha value is -0.470. The largest absolute Gasteiger partial charge is 0.324 e. The summed E-state index contributed by atoms with van der Waals surface area (Å²) in [6.45, 7) is 2.12. The Bertz CT molecular complexity index is 268. The van der Waals surface area contributed by atoms with E-state index in [1.807, 2.05) is 17.8 Å². The van der Waals surface area contributed by atoms with Gasteiger partial charge in [0.1, 0.15) is 0 Å². The van der Waals surface area contributed by atoms with Crippen LogP contribution in [-0.2, 0) is 0 Å². The van der Waals surface area contributed by atoms with Crippen molar-refractivity contribution < 1.29 is 0 Å². The third-order valence-electron chi connectivity index (χ3n) is 2.22. The Morgan fingerprint density at radius 1 is 1.42 bits per heavy atom. The summed E-state index contributed by atoms with van der Waals surface area (Å²) in [6.07, 6.45) is 1.15. The first-order valence-electron chi connectivity index (χ1n) is 4.19. The zero-order valence-corrected chi connectivity index (χ0v) is 7.97. The summed E-state index contributed by atoms with van der Waals surface area (Å²) < 4.78 is 0. The van der Waals surface area contributed by atoms with Gasteiger partial charge in [-0.2, -0.15) is 0 Å². The van der Waals surface area contributed by atoms with Crippen LogP contribution in [0.4, 0.5) is 0 Å². The highest BCUT2D eigenvalue weighted by molar-refractivity contribution is 8.00. The number of benzene rings is 1. The number of rotatable bonds is 2. The maximum Gasteiger partial charge on any atom is 0.0290 e. The lowest BCUT2D eigenvalue weighted by molar-refractivity contribution is 0.766. The van der Waals surface area contributed by atoms with Crippen LogP contribution in [0.5, 0.6) is 0 Å². The van der Waals surface area contributed by atoms with Gasteiger partial charge in [0, 0.05) is 15.7 Å². The molecular formula is C10H13NS. The molecule has 0 heterocycles.